The Kier molecular flexibility index (Phi) is 4.91. The number of amides is 1. The van der Waals surface area contributed by atoms with Gasteiger partial charge in [0.2, 0.25) is 5.95 Å². The van der Waals surface area contributed by atoms with E-state index < -0.39 is 0 Å². The average Bonchev–Trinajstić information content (AvgIpc) is 3.56. The van der Waals surface area contributed by atoms with Gasteiger partial charge in [-0.15, -0.1) is 0 Å². The van der Waals surface area contributed by atoms with Crippen molar-refractivity contribution in [1.29, 1.82) is 0 Å². The van der Waals surface area contributed by atoms with Gasteiger partial charge in [0, 0.05) is 62.1 Å². The second-order valence-corrected chi connectivity index (χ2v) is 7.55. The second-order valence-electron chi connectivity index (χ2n) is 7.55. The molecule has 1 unspecified atom stereocenters. The summed E-state index contributed by atoms with van der Waals surface area (Å²) >= 11 is 0. The van der Waals surface area contributed by atoms with Crippen molar-refractivity contribution in [1.82, 2.24) is 34.8 Å². The number of aromatic nitrogens is 6. The summed E-state index contributed by atoms with van der Waals surface area (Å²) in [4.78, 5) is 24.0. The minimum absolute atomic E-state index is 0.0338. The van der Waals surface area contributed by atoms with E-state index >= 15 is 0 Å². The van der Waals surface area contributed by atoms with Crippen LogP contribution in [-0.2, 0) is 7.05 Å². The highest BCUT2D eigenvalue weighted by Gasteiger charge is 2.26. The van der Waals surface area contributed by atoms with E-state index in [0.29, 0.717) is 18.1 Å². The number of nitrogens with one attached hydrogen (secondary N) is 1. The highest BCUT2D eigenvalue weighted by molar-refractivity contribution is 5.95. The van der Waals surface area contributed by atoms with E-state index in [9.17, 15) is 4.79 Å². The third kappa shape index (κ3) is 4.02. The van der Waals surface area contributed by atoms with Crippen LogP contribution in [-0.4, -0.2) is 54.6 Å². The van der Waals surface area contributed by atoms with E-state index in [2.05, 4.69) is 30.4 Å². The van der Waals surface area contributed by atoms with E-state index in [1.807, 2.05) is 55.8 Å². The SMILES string of the molecule is Cn1cc(-c2ccnc(N3CCC(NC(=O)c4cccc(-n5cccn5)c4)C3)n2)cn1. The molecule has 4 aromatic rings. The number of rotatable bonds is 5. The first-order chi connectivity index (χ1) is 15.2. The monoisotopic (exact) mass is 414 g/mol. The molecule has 1 aliphatic rings. The van der Waals surface area contributed by atoms with Crippen LogP contribution in [0.3, 0.4) is 0 Å². The molecule has 31 heavy (non-hydrogen) atoms. The molecule has 9 heteroatoms. The highest BCUT2D eigenvalue weighted by atomic mass is 16.1. The molecule has 1 aromatic carbocycles. The third-order valence-electron chi connectivity index (χ3n) is 5.33. The molecule has 0 bridgehead atoms. The van der Waals surface area contributed by atoms with Crippen molar-refractivity contribution in [2.24, 2.45) is 7.05 Å². The molecular weight excluding hydrogens is 392 g/mol. The summed E-state index contributed by atoms with van der Waals surface area (Å²) in [6, 6.07) is 11.2. The van der Waals surface area contributed by atoms with Crippen LogP contribution in [0.4, 0.5) is 5.95 Å². The van der Waals surface area contributed by atoms with Crippen molar-refractivity contribution in [3.8, 4) is 16.9 Å². The van der Waals surface area contributed by atoms with Gasteiger partial charge in [0.15, 0.2) is 0 Å². The lowest BCUT2D eigenvalue weighted by atomic mass is 10.1. The summed E-state index contributed by atoms with van der Waals surface area (Å²) in [5.41, 5.74) is 3.25. The largest absolute Gasteiger partial charge is 0.347 e. The van der Waals surface area contributed by atoms with Crippen molar-refractivity contribution in [2.45, 2.75) is 12.5 Å². The lowest BCUT2D eigenvalue weighted by molar-refractivity contribution is 0.0940. The first kappa shape index (κ1) is 19.0. The normalized spacial score (nSPS) is 15.9. The molecule has 1 saturated heterocycles. The average molecular weight is 414 g/mol. The molecule has 1 N–H and O–H groups in total. The summed E-state index contributed by atoms with van der Waals surface area (Å²) < 4.78 is 3.49. The quantitative estimate of drug-likeness (QED) is 0.537. The molecule has 0 spiro atoms. The predicted molar refractivity (Wildman–Crippen MR) is 116 cm³/mol. The van der Waals surface area contributed by atoms with Crippen molar-refractivity contribution >= 4 is 11.9 Å². The molecule has 4 heterocycles. The van der Waals surface area contributed by atoms with Gasteiger partial charge in [0.1, 0.15) is 0 Å². The van der Waals surface area contributed by atoms with Gasteiger partial charge >= 0.3 is 0 Å². The Morgan fingerprint density at radius 2 is 2.10 bits per heavy atom. The second kappa shape index (κ2) is 8.02. The summed E-state index contributed by atoms with van der Waals surface area (Å²) in [5, 5.41) is 11.6. The Morgan fingerprint density at radius 3 is 2.90 bits per heavy atom. The van der Waals surface area contributed by atoms with Crippen LogP contribution in [0.2, 0.25) is 0 Å². The molecule has 0 aliphatic carbocycles. The maximum Gasteiger partial charge on any atom is 0.251 e. The predicted octanol–water partition coefficient (Wildman–Crippen LogP) is 2.07. The molecule has 0 saturated carbocycles. The van der Waals surface area contributed by atoms with Gasteiger partial charge in [-0.1, -0.05) is 6.07 Å². The number of anilines is 1. The van der Waals surface area contributed by atoms with Gasteiger partial charge < -0.3 is 10.2 Å². The molecule has 0 radical (unpaired) electrons. The molecule has 1 fully saturated rings. The maximum absolute atomic E-state index is 12.8. The minimum atomic E-state index is -0.0918. The highest BCUT2D eigenvalue weighted by Crippen LogP contribution is 2.21. The number of hydrogen-bond acceptors (Lipinski definition) is 6. The number of benzene rings is 1. The van der Waals surface area contributed by atoms with Crippen LogP contribution in [0.1, 0.15) is 16.8 Å². The molecule has 1 aliphatic heterocycles. The van der Waals surface area contributed by atoms with Gasteiger partial charge in [-0.25, -0.2) is 14.6 Å². The molecular formula is C22H22N8O. The maximum atomic E-state index is 12.8. The Labute approximate surface area is 179 Å². The molecule has 1 amide bonds. The van der Waals surface area contributed by atoms with Crippen LogP contribution in [0, 0.1) is 0 Å². The van der Waals surface area contributed by atoms with Gasteiger partial charge in [0.05, 0.1) is 17.6 Å². The molecule has 156 valence electrons. The zero-order valence-electron chi connectivity index (χ0n) is 17.1. The fraction of sp³-hybridized carbons (Fsp3) is 0.227. The van der Waals surface area contributed by atoms with Gasteiger partial charge in [-0.3, -0.25) is 9.48 Å². The van der Waals surface area contributed by atoms with Gasteiger partial charge in [-0.05, 0) is 36.8 Å². The molecule has 3 aromatic heterocycles. The van der Waals surface area contributed by atoms with Gasteiger partial charge in [0.25, 0.3) is 5.91 Å². The number of carbonyl (C=O) groups excluding carboxylic acids is 1. The topological polar surface area (TPSA) is 93.8 Å². The first-order valence-corrected chi connectivity index (χ1v) is 10.1. The molecule has 9 nitrogen and oxygen atoms in total. The van der Waals surface area contributed by atoms with E-state index in [4.69, 9.17) is 0 Å². The van der Waals surface area contributed by atoms with E-state index in [-0.39, 0.29) is 11.9 Å². The molecule has 5 rings (SSSR count). The van der Waals surface area contributed by atoms with Crippen molar-refractivity contribution in [3.05, 3.63) is 72.9 Å². The summed E-state index contributed by atoms with van der Waals surface area (Å²) in [7, 11) is 1.88. The third-order valence-corrected chi connectivity index (χ3v) is 5.33. The van der Waals surface area contributed by atoms with Crippen molar-refractivity contribution in [2.75, 3.05) is 18.0 Å². The zero-order valence-corrected chi connectivity index (χ0v) is 17.1. The lowest BCUT2D eigenvalue weighted by Crippen LogP contribution is -2.37. The van der Waals surface area contributed by atoms with Crippen molar-refractivity contribution < 1.29 is 4.79 Å². The lowest BCUT2D eigenvalue weighted by Gasteiger charge is -2.17. The Morgan fingerprint density at radius 1 is 1.16 bits per heavy atom. The van der Waals surface area contributed by atoms with Crippen LogP contribution in [0.5, 0.6) is 0 Å². The summed E-state index contributed by atoms with van der Waals surface area (Å²) in [6.07, 6.45) is 9.88. The number of carbonyl (C=O) groups is 1. The number of aryl methyl sites for hydroxylation is 1. The number of nitrogens with zero attached hydrogens (tertiary/aromatic N) is 7. The van der Waals surface area contributed by atoms with Crippen LogP contribution < -0.4 is 10.2 Å². The molecule has 1 atom stereocenters. The number of hydrogen-bond donors (Lipinski definition) is 1. The van der Waals surface area contributed by atoms with E-state index in [1.54, 1.807) is 28.0 Å². The smallest absolute Gasteiger partial charge is 0.251 e. The standard InChI is InChI=1S/C22H22N8O/c1-28-14-17(13-25-28)20-6-9-23-22(27-20)29-11-7-18(15-29)26-21(31)16-4-2-5-19(12-16)30-10-3-8-24-30/h2-6,8-10,12-14,18H,7,11,15H2,1H3,(H,26,31). The summed E-state index contributed by atoms with van der Waals surface area (Å²) in [6.45, 7) is 1.45. The fourth-order valence-corrected chi connectivity index (χ4v) is 3.75. The Bertz CT molecular complexity index is 1200. The zero-order chi connectivity index (χ0) is 21.2. The Hall–Kier alpha value is -4.01. The fourth-order valence-electron chi connectivity index (χ4n) is 3.75. The van der Waals surface area contributed by atoms with Crippen LogP contribution >= 0.6 is 0 Å². The van der Waals surface area contributed by atoms with Crippen LogP contribution in [0.15, 0.2) is 67.4 Å². The van der Waals surface area contributed by atoms with Crippen molar-refractivity contribution in [3.63, 3.8) is 0 Å². The van der Waals surface area contributed by atoms with Crippen LogP contribution in [0.25, 0.3) is 16.9 Å². The van der Waals surface area contributed by atoms with E-state index in [1.165, 1.54) is 0 Å². The first-order valence-electron chi connectivity index (χ1n) is 10.1. The Balaban J connectivity index is 1.25. The summed E-state index contributed by atoms with van der Waals surface area (Å²) in [5.74, 6) is 0.574. The van der Waals surface area contributed by atoms with E-state index in [0.717, 1.165) is 29.9 Å². The minimum Gasteiger partial charge on any atom is -0.347 e. The van der Waals surface area contributed by atoms with Gasteiger partial charge in [-0.2, -0.15) is 10.2 Å².